The molecule has 1 aromatic heterocycles. The summed E-state index contributed by atoms with van der Waals surface area (Å²) in [6.45, 7) is 6.45. The van der Waals surface area contributed by atoms with Crippen molar-refractivity contribution < 1.29 is 18.8 Å². The molecule has 2 aliphatic carbocycles. The van der Waals surface area contributed by atoms with E-state index in [1.165, 1.54) is 11.1 Å². The third-order valence-corrected chi connectivity index (χ3v) is 14.2. The van der Waals surface area contributed by atoms with E-state index in [1.54, 1.807) is 18.6 Å². The van der Waals surface area contributed by atoms with Crippen molar-refractivity contribution in [1.82, 2.24) is 14.3 Å². The molecule has 7 atom stereocenters. The summed E-state index contributed by atoms with van der Waals surface area (Å²) in [5, 5.41) is 12.9. The number of nitrogens with one attached hydrogen (secondary N) is 1. The Bertz CT molecular complexity index is 1750. The van der Waals surface area contributed by atoms with Gasteiger partial charge in [-0.05, 0) is 117 Å². The molecule has 1 unspecified atom stereocenters. The molecule has 0 saturated heterocycles. The summed E-state index contributed by atoms with van der Waals surface area (Å²) in [6, 6.07) is 11.8. The van der Waals surface area contributed by atoms with Gasteiger partial charge in [-0.15, -0.1) is 0 Å². The van der Waals surface area contributed by atoms with E-state index in [1.807, 2.05) is 35.9 Å². The van der Waals surface area contributed by atoms with Gasteiger partial charge in [-0.25, -0.2) is 9.19 Å². The first-order valence-electron chi connectivity index (χ1n) is 17.1. The fourth-order valence-electron chi connectivity index (χ4n) is 8.76. The number of hydrogen-bond acceptors (Lipinski definition) is 6. The minimum Gasteiger partial charge on any atom is -0.490 e. The Balaban J connectivity index is 1.31. The monoisotopic (exact) mass is 678 g/mol. The number of aryl methyl sites for hydroxylation is 1. The number of rotatable bonds is 2. The van der Waals surface area contributed by atoms with Crippen LogP contribution in [-0.2, 0) is 28.1 Å². The molecule has 3 heterocycles. The minimum absolute atomic E-state index is 0.0447. The number of carbonyl (C=O) groups is 1. The molecule has 2 aliphatic heterocycles. The van der Waals surface area contributed by atoms with Crippen LogP contribution in [-0.4, -0.2) is 61.2 Å². The standard InChI is InChI=1S/C37H47ClN4O4S/c1-25-6-4-15-37(44,22-41-17-16-39-24-41)32-11-8-29(32)20-42-21-36(14-5-7-27-18-30(38)10-12-31(27)36)23-46-34-13-9-28(19-33(34)42)35(43)40-47(3,45)26(25)2/h9-10,12-13,16-19,24-26,29,32,44H,3-8,11,14-15,20-23H2,1-2H3,(H,40,43,45)/t25-,26+,29-,32+,36-,37+,47?/m0/s1. The molecule has 2 N–H and O–H groups in total. The lowest BCUT2D eigenvalue weighted by Crippen LogP contribution is -2.54. The number of carbonyl (C=O) groups excluding carboxylic acids is 1. The van der Waals surface area contributed by atoms with Crippen molar-refractivity contribution in [3.8, 4) is 5.75 Å². The van der Waals surface area contributed by atoms with Crippen molar-refractivity contribution in [1.29, 1.82) is 0 Å². The van der Waals surface area contributed by atoms with Crippen LogP contribution in [0.3, 0.4) is 0 Å². The van der Waals surface area contributed by atoms with E-state index in [2.05, 4.69) is 39.5 Å². The van der Waals surface area contributed by atoms with Crippen LogP contribution in [0.15, 0.2) is 55.1 Å². The molecule has 10 heteroatoms. The Labute approximate surface area is 284 Å². The van der Waals surface area contributed by atoms with Gasteiger partial charge in [0.15, 0.2) is 0 Å². The zero-order valence-corrected chi connectivity index (χ0v) is 29.1. The van der Waals surface area contributed by atoms with Crippen molar-refractivity contribution in [2.75, 3.05) is 24.6 Å². The topological polar surface area (TPSA) is 96.7 Å². The van der Waals surface area contributed by atoms with Crippen molar-refractivity contribution in [2.45, 2.75) is 88.0 Å². The second kappa shape index (κ2) is 12.5. The normalized spacial score (nSPS) is 34.3. The van der Waals surface area contributed by atoms with Gasteiger partial charge in [-0.2, -0.15) is 0 Å². The smallest absolute Gasteiger partial charge is 0.262 e. The van der Waals surface area contributed by atoms with Crippen molar-refractivity contribution in [2.24, 2.45) is 17.8 Å². The second-order valence-electron chi connectivity index (χ2n) is 14.8. The molecule has 3 aromatic rings. The van der Waals surface area contributed by atoms with E-state index in [-0.39, 0.29) is 34.3 Å². The Morgan fingerprint density at radius 1 is 1.15 bits per heavy atom. The molecule has 1 spiro atoms. The molecular weight excluding hydrogens is 632 g/mol. The zero-order chi connectivity index (χ0) is 33.0. The number of aliphatic hydroxyl groups is 1. The highest BCUT2D eigenvalue weighted by Gasteiger charge is 2.49. The minimum atomic E-state index is -2.95. The number of amides is 1. The Morgan fingerprint density at radius 2 is 2.00 bits per heavy atom. The number of benzene rings is 2. The summed E-state index contributed by atoms with van der Waals surface area (Å²) in [4.78, 5) is 20.3. The molecule has 1 saturated carbocycles. The van der Waals surface area contributed by atoms with Gasteiger partial charge < -0.3 is 19.3 Å². The van der Waals surface area contributed by atoms with E-state index >= 15 is 0 Å². The van der Waals surface area contributed by atoms with Gasteiger partial charge in [-0.3, -0.25) is 9.52 Å². The average molecular weight is 679 g/mol. The first kappa shape index (κ1) is 32.5. The molecule has 2 bridgehead atoms. The quantitative estimate of drug-likeness (QED) is 0.321. The number of nitrogens with zero attached hydrogens (tertiary/aromatic N) is 3. The molecule has 0 radical (unpaired) electrons. The summed E-state index contributed by atoms with van der Waals surface area (Å²) in [5.41, 5.74) is 2.70. The third kappa shape index (κ3) is 6.19. The van der Waals surface area contributed by atoms with Gasteiger partial charge in [-0.1, -0.05) is 31.0 Å². The Kier molecular flexibility index (Phi) is 8.63. The van der Waals surface area contributed by atoms with Crippen LogP contribution in [0.2, 0.25) is 5.02 Å². The zero-order valence-electron chi connectivity index (χ0n) is 27.5. The third-order valence-electron chi connectivity index (χ3n) is 11.8. The number of imidazole rings is 1. The van der Waals surface area contributed by atoms with E-state index in [0.29, 0.717) is 25.1 Å². The molecule has 252 valence electrons. The first-order chi connectivity index (χ1) is 22.5. The summed E-state index contributed by atoms with van der Waals surface area (Å²) < 4.78 is 25.3. The number of fused-ring (bicyclic) bond motifs is 4. The van der Waals surface area contributed by atoms with Gasteiger partial charge in [0.25, 0.3) is 5.91 Å². The lowest BCUT2D eigenvalue weighted by molar-refractivity contribution is -0.0993. The highest BCUT2D eigenvalue weighted by Crippen LogP contribution is 2.49. The van der Waals surface area contributed by atoms with Crippen LogP contribution in [0.1, 0.15) is 80.3 Å². The van der Waals surface area contributed by atoms with Gasteiger partial charge in [0.1, 0.15) is 5.75 Å². The molecule has 47 heavy (non-hydrogen) atoms. The maximum absolute atomic E-state index is 13.9. The molecule has 7 rings (SSSR count). The van der Waals surface area contributed by atoms with Gasteiger partial charge in [0, 0.05) is 46.7 Å². The fourth-order valence-corrected chi connectivity index (χ4v) is 10.5. The van der Waals surface area contributed by atoms with Gasteiger partial charge in [0.2, 0.25) is 0 Å². The number of ether oxygens (including phenoxy) is 1. The number of anilines is 1. The number of halogens is 1. The molecule has 4 aliphatic rings. The summed E-state index contributed by atoms with van der Waals surface area (Å²) >= 11 is 6.46. The largest absolute Gasteiger partial charge is 0.490 e. The van der Waals surface area contributed by atoms with Crippen molar-refractivity contribution >= 4 is 38.8 Å². The van der Waals surface area contributed by atoms with Crippen LogP contribution < -0.4 is 14.4 Å². The van der Waals surface area contributed by atoms with Crippen LogP contribution in [0.4, 0.5) is 5.69 Å². The van der Waals surface area contributed by atoms with Gasteiger partial charge in [0.05, 0.1) is 40.5 Å². The maximum Gasteiger partial charge on any atom is 0.262 e. The Morgan fingerprint density at radius 3 is 2.77 bits per heavy atom. The molecule has 2 aromatic carbocycles. The molecular formula is C37H47ClN4O4S. The predicted molar refractivity (Wildman–Crippen MR) is 189 cm³/mol. The highest BCUT2D eigenvalue weighted by molar-refractivity contribution is 7.99. The van der Waals surface area contributed by atoms with Gasteiger partial charge >= 0.3 is 0 Å². The van der Waals surface area contributed by atoms with E-state index < -0.39 is 15.3 Å². The van der Waals surface area contributed by atoms with Crippen LogP contribution in [0.5, 0.6) is 5.75 Å². The van der Waals surface area contributed by atoms with Crippen LogP contribution in [0.25, 0.3) is 0 Å². The highest BCUT2D eigenvalue weighted by atomic mass is 35.5. The lowest BCUT2D eigenvalue weighted by atomic mass is 9.62. The lowest BCUT2D eigenvalue weighted by Gasteiger charge is -2.50. The predicted octanol–water partition coefficient (Wildman–Crippen LogP) is 6.04. The number of hydrogen-bond donors (Lipinski definition) is 2. The van der Waals surface area contributed by atoms with Crippen LogP contribution >= 0.6 is 11.6 Å². The van der Waals surface area contributed by atoms with E-state index in [9.17, 15) is 14.1 Å². The summed E-state index contributed by atoms with van der Waals surface area (Å²) in [7, 11) is -2.95. The fraction of sp³-hybridized carbons (Fsp3) is 0.541. The maximum atomic E-state index is 13.9. The van der Waals surface area contributed by atoms with E-state index in [4.69, 9.17) is 16.3 Å². The van der Waals surface area contributed by atoms with E-state index in [0.717, 1.165) is 74.5 Å². The molecule has 8 nitrogen and oxygen atoms in total. The summed E-state index contributed by atoms with van der Waals surface area (Å²) in [6.07, 6.45) is 12.7. The second-order valence-corrected chi connectivity index (χ2v) is 17.6. The average Bonchev–Trinajstić information content (AvgIpc) is 3.47. The molecule has 1 fully saturated rings. The van der Waals surface area contributed by atoms with Crippen LogP contribution in [0, 0.1) is 17.8 Å². The molecule has 1 amide bonds. The van der Waals surface area contributed by atoms with Crippen molar-refractivity contribution in [3.63, 3.8) is 0 Å². The first-order valence-corrected chi connectivity index (χ1v) is 19.3. The number of aromatic nitrogens is 2. The summed E-state index contributed by atoms with van der Waals surface area (Å²) in [5.74, 6) is 4.79. The van der Waals surface area contributed by atoms with Crippen molar-refractivity contribution in [3.05, 3.63) is 76.8 Å². The Hall–Kier alpha value is -3.01. The SMILES string of the molecule is C=S1(=O)NC(=O)c2ccc3c(c2)N(C[C@@H]2CC[C@H]2[C@](O)(Cn2ccnc2)CCC[C@H](C)[C@H]1C)C[C@@]1(CCCc2cc(Cl)ccc21)CO3.